The smallest absolute Gasteiger partial charge is 0.354 e. The lowest BCUT2D eigenvalue weighted by molar-refractivity contribution is 0.0691. The molecule has 0 aliphatic heterocycles. The van der Waals surface area contributed by atoms with Crippen LogP contribution in [0.4, 0.5) is 5.82 Å². The Morgan fingerprint density at radius 1 is 1.40 bits per heavy atom. The van der Waals surface area contributed by atoms with Gasteiger partial charge in [0.25, 0.3) is 0 Å². The van der Waals surface area contributed by atoms with Crippen molar-refractivity contribution in [1.29, 1.82) is 0 Å². The van der Waals surface area contributed by atoms with Crippen LogP contribution in [0.5, 0.6) is 0 Å². The normalized spacial score (nSPS) is 10.7. The first-order valence-electron chi connectivity index (χ1n) is 6.67. The van der Waals surface area contributed by atoms with E-state index in [1.54, 1.807) is 6.07 Å². The van der Waals surface area contributed by atoms with Crippen molar-refractivity contribution in [2.75, 3.05) is 25.1 Å². The topological polar surface area (TPSA) is 71.5 Å². The van der Waals surface area contributed by atoms with Crippen LogP contribution in [0.25, 0.3) is 10.8 Å². The van der Waals surface area contributed by atoms with Crippen molar-refractivity contribution in [3.05, 3.63) is 36.0 Å². The average molecular weight is 274 g/mol. The number of ether oxygens (including phenoxy) is 1. The van der Waals surface area contributed by atoms with Crippen LogP contribution in [0.3, 0.4) is 0 Å². The van der Waals surface area contributed by atoms with Gasteiger partial charge >= 0.3 is 5.97 Å². The second-order valence-electron chi connectivity index (χ2n) is 4.36. The van der Waals surface area contributed by atoms with E-state index in [0.717, 1.165) is 17.2 Å². The van der Waals surface area contributed by atoms with Gasteiger partial charge in [-0.05, 0) is 24.8 Å². The van der Waals surface area contributed by atoms with E-state index in [-0.39, 0.29) is 5.69 Å². The number of rotatable bonds is 7. The Balaban J connectivity index is 2.19. The highest BCUT2D eigenvalue weighted by molar-refractivity contribution is 5.97. The van der Waals surface area contributed by atoms with Gasteiger partial charge in [-0.25, -0.2) is 9.78 Å². The predicted octanol–water partition coefficient (Wildman–Crippen LogP) is 2.77. The molecule has 5 nitrogen and oxygen atoms in total. The molecule has 106 valence electrons. The molecule has 0 fully saturated rings. The van der Waals surface area contributed by atoms with E-state index in [2.05, 4.69) is 10.3 Å². The number of hydrogen-bond acceptors (Lipinski definition) is 4. The second kappa shape index (κ2) is 6.86. The largest absolute Gasteiger partial charge is 0.477 e. The fourth-order valence-corrected chi connectivity index (χ4v) is 1.97. The lowest BCUT2D eigenvalue weighted by atomic mass is 10.1. The molecule has 2 aromatic rings. The first-order valence-corrected chi connectivity index (χ1v) is 6.67. The molecule has 0 aliphatic carbocycles. The first kappa shape index (κ1) is 14.3. The van der Waals surface area contributed by atoms with Crippen LogP contribution in [0, 0.1) is 0 Å². The number of carbonyl (C=O) groups is 1. The third-order valence-electron chi connectivity index (χ3n) is 2.92. The van der Waals surface area contributed by atoms with E-state index in [1.165, 1.54) is 0 Å². The van der Waals surface area contributed by atoms with Gasteiger partial charge in [0.05, 0.1) is 0 Å². The molecular formula is C15H18N2O3. The summed E-state index contributed by atoms with van der Waals surface area (Å²) in [5.74, 6) is -0.412. The molecule has 2 N–H and O–H groups in total. The van der Waals surface area contributed by atoms with Crippen LogP contribution < -0.4 is 5.32 Å². The van der Waals surface area contributed by atoms with Crippen molar-refractivity contribution in [2.45, 2.75) is 13.3 Å². The molecule has 0 aliphatic rings. The summed E-state index contributed by atoms with van der Waals surface area (Å²) in [6.07, 6.45) is 0.848. The van der Waals surface area contributed by atoms with Gasteiger partial charge < -0.3 is 15.2 Å². The van der Waals surface area contributed by atoms with Crippen molar-refractivity contribution < 1.29 is 14.6 Å². The molecule has 5 heteroatoms. The number of carboxylic acids is 1. The molecule has 2 rings (SSSR count). The van der Waals surface area contributed by atoms with Crippen LogP contribution in [-0.2, 0) is 4.74 Å². The fourth-order valence-electron chi connectivity index (χ4n) is 1.97. The molecule has 0 spiro atoms. The minimum atomic E-state index is -1.02. The van der Waals surface area contributed by atoms with Gasteiger partial charge in [-0.3, -0.25) is 0 Å². The lowest BCUT2D eigenvalue weighted by Crippen LogP contribution is -2.09. The molecule has 0 amide bonds. The Hall–Kier alpha value is -2.14. The number of aromatic nitrogens is 1. The maximum absolute atomic E-state index is 11.1. The molecule has 0 unspecified atom stereocenters. The summed E-state index contributed by atoms with van der Waals surface area (Å²) in [6, 6.07) is 9.19. The summed E-state index contributed by atoms with van der Waals surface area (Å²) >= 11 is 0. The van der Waals surface area contributed by atoms with Crippen LogP contribution in [-0.4, -0.2) is 35.8 Å². The lowest BCUT2D eigenvalue weighted by Gasteiger charge is -2.10. The van der Waals surface area contributed by atoms with Gasteiger partial charge in [0.2, 0.25) is 0 Å². The van der Waals surface area contributed by atoms with E-state index in [0.29, 0.717) is 25.6 Å². The van der Waals surface area contributed by atoms with Gasteiger partial charge in [0.1, 0.15) is 5.82 Å². The van der Waals surface area contributed by atoms with E-state index in [1.807, 2.05) is 31.2 Å². The Kier molecular flexibility index (Phi) is 4.90. The first-order chi connectivity index (χ1) is 9.72. The average Bonchev–Trinajstić information content (AvgIpc) is 2.46. The van der Waals surface area contributed by atoms with Crippen LogP contribution in [0.15, 0.2) is 30.3 Å². The molecule has 1 heterocycles. The summed E-state index contributed by atoms with van der Waals surface area (Å²) in [4.78, 5) is 15.3. The summed E-state index contributed by atoms with van der Waals surface area (Å²) in [7, 11) is 0. The maximum Gasteiger partial charge on any atom is 0.354 e. The number of aromatic carboxylic acids is 1. The zero-order valence-corrected chi connectivity index (χ0v) is 11.4. The SMILES string of the molecule is CCOCCCNc1nc(C(=O)O)cc2ccccc12. The van der Waals surface area contributed by atoms with Gasteiger partial charge in [-0.15, -0.1) is 0 Å². The summed E-state index contributed by atoms with van der Waals surface area (Å²) < 4.78 is 5.27. The van der Waals surface area contributed by atoms with Gasteiger partial charge in [0, 0.05) is 25.1 Å². The van der Waals surface area contributed by atoms with E-state index >= 15 is 0 Å². The third kappa shape index (κ3) is 3.45. The van der Waals surface area contributed by atoms with Crippen molar-refractivity contribution >= 4 is 22.6 Å². The Labute approximate surface area is 117 Å². The molecule has 0 saturated heterocycles. The van der Waals surface area contributed by atoms with E-state index in [9.17, 15) is 4.79 Å². The van der Waals surface area contributed by atoms with Crippen LogP contribution in [0.1, 0.15) is 23.8 Å². The number of nitrogens with zero attached hydrogens (tertiary/aromatic N) is 1. The van der Waals surface area contributed by atoms with Gasteiger partial charge in [-0.2, -0.15) is 0 Å². The Bertz CT molecular complexity index is 599. The van der Waals surface area contributed by atoms with Gasteiger partial charge in [0.15, 0.2) is 5.69 Å². The van der Waals surface area contributed by atoms with Crippen molar-refractivity contribution in [1.82, 2.24) is 4.98 Å². The fraction of sp³-hybridized carbons (Fsp3) is 0.333. The Morgan fingerprint density at radius 2 is 2.20 bits per heavy atom. The zero-order valence-electron chi connectivity index (χ0n) is 11.4. The highest BCUT2D eigenvalue weighted by atomic mass is 16.5. The monoisotopic (exact) mass is 274 g/mol. The molecule has 1 aromatic carbocycles. The number of carboxylic acid groups (broad SMARTS) is 1. The van der Waals surface area contributed by atoms with Crippen LogP contribution >= 0.6 is 0 Å². The summed E-state index contributed by atoms with van der Waals surface area (Å²) in [5.41, 5.74) is 0.0519. The molecule has 0 bridgehead atoms. The second-order valence-corrected chi connectivity index (χ2v) is 4.36. The summed E-state index contributed by atoms with van der Waals surface area (Å²) in [6.45, 7) is 4.04. The number of pyridine rings is 1. The standard InChI is InChI=1S/C15H18N2O3/c1-2-20-9-5-8-16-14-12-7-4-3-6-11(12)10-13(17-14)15(18)19/h3-4,6-7,10H,2,5,8-9H2,1H3,(H,16,17)(H,18,19). The molecule has 20 heavy (non-hydrogen) atoms. The van der Waals surface area contributed by atoms with Crippen molar-refractivity contribution in [3.63, 3.8) is 0 Å². The van der Waals surface area contributed by atoms with E-state index < -0.39 is 5.97 Å². The zero-order chi connectivity index (χ0) is 14.4. The number of fused-ring (bicyclic) bond motifs is 1. The van der Waals surface area contributed by atoms with Crippen molar-refractivity contribution in [3.8, 4) is 0 Å². The molecular weight excluding hydrogens is 256 g/mol. The highest BCUT2D eigenvalue weighted by Gasteiger charge is 2.10. The predicted molar refractivity (Wildman–Crippen MR) is 78.3 cm³/mol. The number of nitrogens with one attached hydrogen (secondary N) is 1. The van der Waals surface area contributed by atoms with Crippen molar-refractivity contribution in [2.24, 2.45) is 0 Å². The summed E-state index contributed by atoms with van der Waals surface area (Å²) in [5, 5.41) is 14.1. The number of hydrogen-bond donors (Lipinski definition) is 2. The van der Waals surface area contributed by atoms with E-state index in [4.69, 9.17) is 9.84 Å². The molecule has 0 atom stereocenters. The molecule has 1 aromatic heterocycles. The molecule has 0 saturated carbocycles. The quantitative estimate of drug-likeness (QED) is 0.760. The molecule has 0 radical (unpaired) electrons. The minimum absolute atomic E-state index is 0.0519. The third-order valence-corrected chi connectivity index (χ3v) is 2.92. The van der Waals surface area contributed by atoms with Crippen LogP contribution in [0.2, 0.25) is 0 Å². The highest BCUT2D eigenvalue weighted by Crippen LogP contribution is 2.22. The Morgan fingerprint density at radius 3 is 2.95 bits per heavy atom. The number of anilines is 1. The number of benzene rings is 1. The van der Waals surface area contributed by atoms with Gasteiger partial charge in [-0.1, -0.05) is 24.3 Å². The minimum Gasteiger partial charge on any atom is -0.477 e. The maximum atomic E-state index is 11.1.